The van der Waals surface area contributed by atoms with Crippen molar-refractivity contribution >= 4 is 5.97 Å². The molecular formula is C10H9F3O3. The Morgan fingerprint density at radius 2 is 1.75 bits per heavy atom. The first-order valence-electron chi connectivity index (χ1n) is 4.35. The Morgan fingerprint density at radius 1 is 1.19 bits per heavy atom. The Bertz CT molecular complexity index is 399. The van der Waals surface area contributed by atoms with Gasteiger partial charge in [0.15, 0.2) is 0 Å². The fourth-order valence-electron chi connectivity index (χ4n) is 1.31. The van der Waals surface area contributed by atoms with Gasteiger partial charge in [0.2, 0.25) is 0 Å². The van der Waals surface area contributed by atoms with Crippen LogP contribution < -0.4 is 0 Å². The third kappa shape index (κ3) is 3.54. The molecule has 1 aromatic carbocycles. The quantitative estimate of drug-likeness (QED) is 0.840. The zero-order valence-corrected chi connectivity index (χ0v) is 8.08. The van der Waals surface area contributed by atoms with E-state index in [9.17, 15) is 18.0 Å². The van der Waals surface area contributed by atoms with Gasteiger partial charge in [-0.1, -0.05) is 6.07 Å². The molecule has 1 aromatic rings. The standard InChI is InChI=1S/C10H9F3O3/c11-10(12,13)4-6-1-7(5-14)3-8(2-6)9(15)16/h1-3,14H,4-5H2,(H,15,16). The second-order valence-corrected chi connectivity index (χ2v) is 3.29. The normalized spacial score (nSPS) is 11.5. The smallest absolute Gasteiger partial charge is 0.393 e. The van der Waals surface area contributed by atoms with Crippen LogP contribution in [0.4, 0.5) is 13.2 Å². The minimum atomic E-state index is -4.40. The number of benzene rings is 1. The average molecular weight is 234 g/mol. The number of carboxylic acid groups (broad SMARTS) is 1. The summed E-state index contributed by atoms with van der Waals surface area (Å²) in [4.78, 5) is 10.6. The lowest BCUT2D eigenvalue weighted by Crippen LogP contribution is -2.12. The molecule has 1 rings (SSSR count). The molecule has 2 N–H and O–H groups in total. The average Bonchev–Trinajstić information content (AvgIpc) is 2.14. The van der Waals surface area contributed by atoms with Crippen LogP contribution in [0.25, 0.3) is 0 Å². The van der Waals surface area contributed by atoms with E-state index in [1.165, 1.54) is 0 Å². The first-order chi connectivity index (χ1) is 7.31. The monoisotopic (exact) mass is 234 g/mol. The van der Waals surface area contributed by atoms with Gasteiger partial charge in [-0.2, -0.15) is 13.2 Å². The summed E-state index contributed by atoms with van der Waals surface area (Å²) in [5, 5.41) is 17.5. The number of aliphatic hydroxyl groups is 1. The lowest BCUT2D eigenvalue weighted by Gasteiger charge is -2.08. The molecule has 0 atom stereocenters. The van der Waals surface area contributed by atoms with Crippen LogP contribution in [0.5, 0.6) is 0 Å². The molecular weight excluding hydrogens is 225 g/mol. The molecule has 6 heteroatoms. The fourth-order valence-corrected chi connectivity index (χ4v) is 1.31. The Kier molecular flexibility index (Phi) is 3.54. The molecule has 0 aliphatic rings. The molecule has 88 valence electrons. The summed E-state index contributed by atoms with van der Waals surface area (Å²) in [6, 6.07) is 3.23. The van der Waals surface area contributed by atoms with Gasteiger partial charge in [0.1, 0.15) is 0 Å². The zero-order valence-electron chi connectivity index (χ0n) is 8.08. The maximum Gasteiger partial charge on any atom is 0.393 e. The largest absolute Gasteiger partial charge is 0.478 e. The summed E-state index contributed by atoms with van der Waals surface area (Å²) in [6.07, 6.45) is -5.61. The number of aromatic carboxylic acids is 1. The number of halogens is 3. The maximum absolute atomic E-state index is 12.1. The second kappa shape index (κ2) is 4.52. The van der Waals surface area contributed by atoms with Crippen molar-refractivity contribution in [2.45, 2.75) is 19.2 Å². The number of hydrogen-bond acceptors (Lipinski definition) is 2. The van der Waals surface area contributed by atoms with Crippen molar-refractivity contribution in [2.24, 2.45) is 0 Å². The van der Waals surface area contributed by atoms with Crippen LogP contribution in [-0.2, 0) is 13.0 Å². The molecule has 0 saturated heterocycles. The van der Waals surface area contributed by atoms with Crippen molar-refractivity contribution in [1.82, 2.24) is 0 Å². The van der Waals surface area contributed by atoms with E-state index >= 15 is 0 Å². The number of carboxylic acids is 1. The lowest BCUT2D eigenvalue weighted by molar-refractivity contribution is -0.127. The number of carbonyl (C=O) groups is 1. The van der Waals surface area contributed by atoms with Crippen molar-refractivity contribution in [3.8, 4) is 0 Å². The number of hydrogen-bond donors (Lipinski definition) is 2. The highest BCUT2D eigenvalue weighted by molar-refractivity contribution is 5.88. The highest BCUT2D eigenvalue weighted by Gasteiger charge is 2.28. The molecule has 0 spiro atoms. The molecule has 0 heterocycles. The molecule has 0 fully saturated rings. The predicted octanol–water partition coefficient (Wildman–Crippen LogP) is 1.98. The van der Waals surface area contributed by atoms with Crippen molar-refractivity contribution in [1.29, 1.82) is 0 Å². The van der Waals surface area contributed by atoms with E-state index in [4.69, 9.17) is 10.2 Å². The lowest BCUT2D eigenvalue weighted by atomic mass is 10.0. The van der Waals surface area contributed by atoms with Gasteiger partial charge in [-0.25, -0.2) is 4.79 Å². The van der Waals surface area contributed by atoms with E-state index in [-0.39, 0.29) is 16.7 Å². The van der Waals surface area contributed by atoms with Crippen molar-refractivity contribution in [3.05, 3.63) is 34.9 Å². The summed E-state index contributed by atoms with van der Waals surface area (Å²) in [6.45, 7) is -0.494. The minimum Gasteiger partial charge on any atom is -0.478 e. The van der Waals surface area contributed by atoms with Crippen LogP contribution in [0.3, 0.4) is 0 Å². The highest BCUT2D eigenvalue weighted by atomic mass is 19.4. The van der Waals surface area contributed by atoms with E-state index in [0.29, 0.717) is 0 Å². The van der Waals surface area contributed by atoms with Crippen LogP contribution >= 0.6 is 0 Å². The molecule has 0 unspecified atom stereocenters. The van der Waals surface area contributed by atoms with Crippen LogP contribution in [0.2, 0.25) is 0 Å². The Hall–Kier alpha value is -1.56. The number of aliphatic hydroxyl groups excluding tert-OH is 1. The highest BCUT2D eigenvalue weighted by Crippen LogP contribution is 2.23. The van der Waals surface area contributed by atoms with Crippen molar-refractivity contribution in [2.75, 3.05) is 0 Å². The van der Waals surface area contributed by atoms with E-state index < -0.39 is 25.2 Å². The SMILES string of the molecule is O=C(O)c1cc(CO)cc(CC(F)(F)F)c1. The molecule has 0 aromatic heterocycles. The summed E-state index contributed by atoms with van der Waals surface area (Å²) >= 11 is 0. The third-order valence-electron chi connectivity index (χ3n) is 1.89. The first-order valence-corrected chi connectivity index (χ1v) is 4.35. The topological polar surface area (TPSA) is 57.5 Å². The fraction of sp³-hybridized carbons (Fsp3) is 0.300. The maximum atomic E-state index is 12.1. The number of rotatable bonds is 3. The molecule has 0 saturated carbocycles. The third-order valence-corrected chi connectivity index (χ3v) is 1.89. The zero-order chi connectivity index (χ0) is 12.3. The van der Waals surface area contributed by atoms with E-state index in [0.717, 1.165) is 18.2 Å². The summed E-state index contributed by atoms with van der Waals surface area (Å²) in [5.41, 5.74) is -0.276. The van der Waals surface area contributed by atoms with Gasteiger partial charge in [0, 0.05) is 0 Å². The molecule has 0 amide bonds. The van der Waals surface area contributed by atoms with Gasteiger partial charge in [0.05, 0.1) is 18.6 Å². The predicted molar refractivity (Wildman–Crippen MR) is 49.1 cm³/mol. The van der Waals surface area contributed by atoms with Gasteiger partial charge in [0.25, 0.3) is 0 Å². The van der Waals surface area contributed by atoms with Crippen molar-refractivity contribution < 1.29 is 28.2 Å². The summed E-state index contributed by atoms with van der Waals surface area (Å²) in [5.74, 6) is -1.32. The Labute approximate surface area is 89.1 Å². The van der Waals surface area contributed by atoms with Crippen LogP contribution in [0.1, 0.15) is 21.5 Å². The summed E-state index contributed by atoms with van der Waals surface area (Å²) in [7, 11) is 0. The van der Waals surface area contributed by atoms with Gasteiger partial charge in [-0.05, 0) is 23.3 Å². The first kappa shape index (κ1) is 12.5. The summed E-state index contributed by atoms with van der Waals surface area (Å²) < 4.78 is 36.3. The molecule has 0 radical (unpaired) electrons. The van der Waals surface area contributed by atoms with E-state index in [2.05, 4.69) is 0 Å². The van der Waals surface area contributed by atoms with Gasteiger partial charge in [-0.15, -0.1) is 0 Å². The molecule has 0 bridgehead atoms. The van der Waals surface area contributed by atoms with E-state index in [1.54, 1.807) is 0 Å². The van der Waals surface area contributed by atoms with Crippen LogP contribution in [-0.4, -0.2) is 22.4 Å². The number of alkyl halides is 3. The minimum absolute atomic E-state index is 0.152. The van der Waals surface area contributed by atoms with E-state index in [1.807, 2.05) is 0 Å². The molecule has 0 aliphatic heterocycles. The molecule has 3 nitrogen and oxygen atoms in total. The second-order valence-electron chi connectivity index (χ2n) is 3.29. The Balaban J connectivity index is 3.09. The van der Waals surface area contributed by atoms with Crippen molar-refractivity contribution in [3.63, 3.8) is 0 Å². The molecule has 16 heavy (non-hydrogen) atoms. The Morgan fingerprint density at radius 3 is 2.19 bits per heavy atom. The molecule has 0 aliphatic carbocycles. The van der Waals surface area contributed by atoms with Gasteiger partial charge in [-0.3, -0.25) is 0 Å². The van der Waals surface area contributed by atoms with Crippen LogP contribution in [0.15, 0.2) is 18.2 Å². The van der Waals surface area contributed by atoms with Crippen LogP contribution in [0, 0.1) is 0 Å². The van der Waals surface area contributed by atoms with Gasteiger partial charge >= 0.3 is 12.1 Å². The van der Waals surface area contributed by atoms with Gasteiger partial charge < -0.3 is 10.2 Å².